The molecule has 0 radical (unpaired) electrons. The van der Waals surface area contributed by atoms with Gasteiger partial charge in [0.1, 0.15) is 5.82 Å². The van der Waals surface area contributed by atoms with Crippen molar-refractivity contribution in [2.45, 2.75) is 11.4 Å². The second-order valence-corrected chi connectivity index (χ2v) is 8.41. The molecule has 0 aliphatic heterocycles. The number of amides is 1. The molecule has 0 fully saturated rings. The molecule has 0 spiro atoms. The van der Waals surface area contributed by atoms with E-state index in [1.165, 1.54) is 37.5 Å². The fourth-order valence-corrected chi connectivity index (χ4v) is 3.67. The molecule has 0 aliphatic carbocycles. The molecule has 1 heterocycles. The first-order valence-corrected chi connectivity index (χ1v) is 10.4. The van der Waals surface area contributed by atoms with E-state index in [9.17, 15) is 17.6 Å². The Labute approximate surface area is 172 Å². The van der Waals surface area contributed by atoms with E-state index in [-0.39, 0.29) is 28.2 Å². The fourth-order valence-electron chi connectivity index (χ4n) is 2.60. The van der Waals surface area contributed by atoms with Gasteiger partial charge in [-0.25, -0.2) is 17.5 Å². The second-order valence-electron chi connectivity index (χ2n) is 6.11. The zero-order chi connectivity index (χ0) is 21.0. The molecule has 2 N–H and O–H groups in total. The Morgan fingerprint density at radius 1 is 1.07 bits per heavy atom. The van der Waals surface area contributed by atoms with Crippen LogP contribution in [0.15, 0.2) is 65.8 Å². The Balaban J connectivity index is 1.73. The second kappa shape index (κ2) is 8.69. The maximum Gasteiger partial charge on any atom is 0.253 e. The van der Waals surface area contributed by atoms with Gasteiger partial charge >= 0.3 is 0 Å². The maximum absolute atomic E-state index is 13.1. The smallest absolute Gasteiger partial charge is 0.253 e. The van der Waals surface area contributed by atoms with Crippen molar-refractivity contribution in [3.05, 3.63) is 82.9 Å². The van der Waals surface area contributed by atoms with Crippen LogP contribution in [0.4, 0.5) is 4.39 Å². The van der Waals surface area contributed by atoms with Gasteiger partial charge in [-0.1, -0.05) is 29.8 Å². The lowest BCUT2D eigenvalue weighted by atomic mass is 10.1. The Bertz CT molecular complexity index is 1150. The average molecular weight is 434 g/mol. The first-order chi connectivity index (χ1) is 13.8. The van der Waals surface area contributed by atoms with Crippen LogP contribution in [0.2, 0.25) is 5.02 Å². The van der Waals surface area contributed by atoms with E-state index >= 15 is 0 Å². The summed E-state index contributed by atoms with van der Waals surface area (Å²) in [7, 11) is -2.29. The molecule has 9 heteroatoms. The molecule has 29 heavy (non-hydrogen) atoms. The summed E-state index contributed by atoms with van der Waals surface area (Å²) < 4.78 is 38.9. The number of carbonyl (C=O) groups is 1. The third-order valence-corrected chi connectivity index (χ3v) is 5.98. The fraction of sp³-hybridized carbons (Fsp3) is 0.100. The molecular formula is C20H17ClFN3O3S. The first-order valence-electron chi connectivity index (χ1n) is 8.51. The van der Waals surface area contributed by atoms with E-state index in [4.69, 9.17) is 11.6 Å². The lowest BCUT2D eigenvalue weighted by Crippen LogP contribution is -2.23. The van der Waals surface area contributed by atoms with Crippen LogP contribution >= 0.6 is 11.6 Å². The van der Waals surface area contributed by atoms with Gasteiger partial charge in [0.2, 0.25) is 10.0 Å². The van der Waals surface area contributed by atoms with Gasteiger partial charge in [-0.05, 0) is 48.5 Å². The summed E-state index contributed by atoms with van der Waals surface area (Å²) in [4.78, 5) is 16.6. The predicted octanol–water partition coefficient (Wildman–Crippen LogP) is 3.38. The topological polar surface area (TPSA) is 88.2 Å². The highest BCUT2D eigenvalue weighted by molar-refractivity contribution is 7.89. The van der Waals surface area contributed by atoms with Crippen molar-refractivity contribution >= 4 is 27.5 Å². The lowest BCUT2D eigenvalue weighted by Gasteiger charge is -2.10. The lowest BCUT2D eigenvalue weighted by molar-refractivity contribution is 0.0950. The van der Waals surface area contributed by atoms with Gasteiger partial charge in [0, 0.05) is 29.5 Å². The third-order valence-electron chi connectivity index (χ3n) is 4.22. The number of hydrogen-bond donors (Lipinski definition) is 2. The van der Waals surface area contributed by atoms with Crippen molar-refractivity contribution < 1.29 is 17.6 Å². The summed E-state index contributed by atoms with van der Waals surface area (Å²) in [5.41, 5.74) is 2.31. The number of pyridine rings is 1. The predicted molar refractivity (Wildman–Crippen MR) is 108 cm³/mol. The van der Waals surface area contributed by atoms with Crippen molar-refractivity contribution in [2.75, 3.05) is 7.05 Å². The molecule has 3 rings (SSSR count). The molecule has 0 atom stereocenters. The molecule has 0 aliphatic rings. The SMILES string of the molecule is CNS(=O)(=O)c1ccc(CNC(=O)c2cncc(-c3ccc(F)cc3)c2)c(Cl)c1. The molecule has 3 aromatic rings. The van der Waals surface area contributed by atoms with E-state index in [2.05, 4.69) is 15.0 Å². The van der Waals surface area contributed by atoms with Gasteiger partial charge in [-0.3, -0.25) is 9.78 Å². The van der Waals surface area contributed by atoms with Crippen LogP contribution in [-0.4, -0.2) is 26.4 Å². The molecule has 0 unspecified atom stereocenters. The van der Waals surface area contributed by atoms with Crippen LogP contribution < -0.4 is 10.0 Å². The molecule has 1 amide bonds. The Morgan fingerprint density at radius 2 is 1.79 bits per heavy atom. The molecule has 0 saturated heterocycles. The van der Waals surface area contributed by atoms with Crippen molar-refractivity contribution in [3.8, 4) is 11.1 Å². The summed E-state index contributed by atoms with van der Waals surface area (Å²) in [6.07, 6.45) is 3.01. The zero-order valence-corrected chi connectivity index (χ0v) is 16.9. The van der Waals surface area contributed by atoms with Gasteiger partial charge in [-0.15, -0.1) is 0 Å². The van der Waals surface area contributed by atoms with Crippen LogP contribution in [0, 0.1) is 5.82 Å². The highest BCUT2D eigenvalue weighted by atomic mass is 35.5. The standard InChI is InChI=1S/C20H17ClFN3O3S/c1-23-29(27,28)18-7-4-14(19(21)9-18)12-25-20(26)16-8-15(10-24-11-16)13-2-5-17(22)6-3-13/h2-11,23H,12H2,1H3,(H,25,26). The number of halogens is 2. The van der Waals surface area contributed by atoms with E-state index in [1.807, 2.05) is 0 Å². The minimum Gasteiger partial charge on any atom is -0.348 e. The molecule has 0 bridgehead atoms. The van der Waals surface area contributed by atoms with E-state index < -0.39 is 10.0 Å². The van der Waals surface area contributed by atoms with Crippen molar-refractivity contribution in [2.24, 2.45) is 0 Å². The Morgan fingerprint density at radius 3 is 2.45 bits per heavy atom. The van der Waals surface area contributed by atoms with Gasteiger partial charge in [0.15, 0.2) is 0 Å². The summed E-state index contributed by atoms with van der Waals surface area (Å²) in [5.74, 6) is -0.717. The van der Waals surface area contributed by atoms with Gasteiger partial charge in [0.25, 0.3) is 5.91 Å². The number of rotatable bonds is 6. The molecule has 6 nitrogen and oxygen atoms in total. The van der Waals surface area contributed by atoms with Gasteiger partial charge < -0.3 is 5.32 Å². The number of hydrogen-bond acceptors (Lipinski definition) is 4. The highest BCUT2D eigenvalue weighted by Crippen LogP contribution is 2.22. The number of carbonyl (C=O) groups excluding carboxylic acids is 1. The summed E-state index contributed by atoms with van der Waals surface area (Å²) in [6, 6.07) is 11.8. The van der Waals surface area contributed by atoms with Crippen LogP contribution in [0.1, 0.15) is 15.9 Å². The Kier molecular flexibility index (Phi) is 6.26. The zero-order valence-electron chi connectivity index (χ0n) is 15.3. The van der Waals surface area contributed by atoms with E-state index in [0.29, 0.717) is 16.7 Å². The highest BCUT2D eigenvalue weighted by Gasteiger charge is 2.14. The summed E-state index contributed by atoms with van der Waals surface area (Å²) >= 11 is 6.15. The van der Waals surface area contributed by atoms with Crippen LogP contribution in [0.3, 0.4) is 0 Å². The van der Waals surface area contributed by atoms with Crippen molar-refractivity contribution in [1.29, 1.82) is 0 Å². The summed E-state index contributed by atoms with van der Waals surface area (Å²) in [5, 5.41) is 2.95. The minimum absolute atomic E-state index is 0.0382. The average Bonchev–Trinajstić information content (AvgIpc) is 2.73. The maximum atomic E-state index is 13.1. The number of aromatic nitrogens is 1. The number of nitrogens with zero attached hydrogens (tertiary/aromatic N) is 1. The largest absolute Gasteiger partial charge is 0.348 e. The van der Waals surface area contributed by atoms with Crippen molar-refractivity contribution in [1.82, 2.24) is 15.0 Å². The summed E-state index contributed by atoms with van der Waals surface area (Å²) in [6.45, 7) is 0.109. The Hall–Kier alpha value is -2.81. The van der Waals surface area contributed by atoms with E-state index in [0.717, 1.165) is 5.56 Å². The van der Waals surface area contributed by atoms with Crippen LogP contribution in [0.25, 0.3) is 11.1 Å². The third kappa shape index (κ3) is 4.97. The van der Waals surface area contributed by atoms with Gasteiger partial charge in [-0.2, -0.15) is 0 Å². The quantitative estimate of drug-likeness (QED) is 0.623. The molecule has 150 valence electrons. The monoisotopic (exact) mass is 433 g/mol. The van der Waals surface area contributed by atoms with Crippen LogP contribution in [-0.2, 0) is 16.6 Å². The molecule has 0 saturated carbocycles. The molecule has 2 aromatic carbocycles. The number of benzene rings is 2. The van der Waals surface area contributed by atoms with Crippen LogP contribution in [0.5, 0.6) is 0 Å². The minimum atomic E-state index is -3.60. The number of nitrogens with one attached hydrogen (secondary N) is 2. The van der Waals surface area contributed by atoms with Crippen molar-refractivity contribution in [3.63, 3.8) is 0 Å². The van der Waals surface area contributed by atoms with E-state index in [1.54, 1.807) is 30.5 Å². The number of sulfonamides is 1. The first kappa shape index (κ1) is 20.9. The molecular weight excluding hydrogens is 417 g/mol. The van der Waals surface area contributed by atoms with Gasteiger partial charge in [0.05, 0.1) is 10.5 Å². The normalized spacial score (nSPS) is 11.3. The molecule has 1 aromatic heterocycles.